The van der Waals surface area contributed by atoms with Crippen molar-refractivity contribution in [2.75, 3.05) is 0 Å². The highest BCUT2D eigenvalue weighted by Gasteiger charge is 2.10. The average molecular weight is 379 g/mol. The highest BCUT2D eigenvalue weighted by Crippen LogP contribution is 2.26. The van der Waals surface area contributed by atoms with E-state index in [2.05, 4.69) is 20.3 Å². The third-order valence-corrected chi connectivity index (χ3v) is 3.29. The Morgan fingerprint density at radius 1 is 0.885 bits per heavy atom. The fourth-order valence-corrected chi connectivity index (χ4v) is 1.97. The minimum atomic E-state index is -0.156. The molecule has 134 valence electrons. The molecule has 0 saturated carbocycles. The Balaban J connectivity index is 0.00000280. The van der Waals surface area contributed by atoms with E-state index in [1.807, 2.05) is 0 Å². The first-order valence-corrected chi connectivity index (χ1v) is 6.95. The summed E-state index contributed by atoms with van der Waals surface area (Å²) >= 11 is 0. The molecule has 0 bridgehead atoms. The molecule has 10 heteroatoms. The van der Waals surface area contributed by atoms with Gasteiger partial charge in [-0.2, -0.15) is 0 Å². The van der Waals surface area contributed by atoms with Gasteiger partial charge >= 0.3 is 0 Å². The number of furan rings is 1. The Labute approximate surface area is 156 Å². The first kappa shape index (κ1) is 15.9. The smallest absolute Gasteiger partial charge is 0.171 e. The van der Waals surface area contributed by atoms with Crippen molar-refractivity contribution >= 4 is 24.1 Å². The summed E-state index contributed by atoms with van der Waals surface area (Å²) in [5.74, 6) is -0.0281. The van der Waals surface area contributed by atoms with Crippen molar-refractivity contribution in [3.8, 4) is 22.9 Å². The number of amidine groups is 2. The molecule has 0 aliphatic heterocycles. The van der Waals surface area contributed by atoms with Gasteiger partial charge in [-0.05, 0) is 36.4 Å². The number of rotatable bonds is 4. The second-order valence-electron chi connectivity index (χ2n) is 4.85. The van der Waals surface area contributed by atoms with Gasteiger partial charge in [-0.15, -0.1) is 12.4 Å². The van der Waals surface area contributed by atoms with E-state index >= 15 is 0 Å². The van der Waals surface area contributed by atoms with E-state index in [-0.39, 0.29) is 47.7 Å². The summed E-state index contributed by atoms with van der Waals surface area (Å²) < 4.78 is 21.9. The van der Waals surface area contributed by atoms with E-state index in [0.717, 1.165) is 0 Å². The second kappa shape index (κ2) is 7.99. The van der Waals surface area contributed by atoms with E-state index in [4.69, 9.17) is 29.0 Å². The van der Waals surface area contributed by atoms with Gasteiger partial charge in [-0.25, -0.2) is 0 Å². The number of hydrogen-bond donors (Lipinski definition) is 4. The Kier molecular flexibility index (Phi) is 4.89. The molecule has 9 nitrogen and oxygen atoms in total. The number of aromatic nitrogens is 2. The minimum absolute atomic E-state index is 0. The van der Waals surface area contributed by atoms with Gasteiger partial charge in [0.1, 0.15) is 11.4 Å². The van der Waals surface area contributed by atoms with Gasteiger partial charge in [0.2, 0.25) is 0 Å². The normalized spacial score (nSPS) is 12.9. The maximum atomic E-state index is 8.68. The van der Waals surface area contributed by atoms with E-state index in [0.29, 0.717) is 22.5 Å². The fourth-order valence-electron chi connectivity index (χ4n) is 1.97. The van der Waals surface area contributed by atoms with Gasteiger partial charge in [0.25, 0.3) is 0 Å². The maximum absolute atomic E-state index is 8.68. The average Bonchev–Trinajstić information content (AvgIpc) is 3.02. The number of halogens is 1. The van der Waals surface area contributed by atoms with Crippen LogP contribution in [0.1, 0.15) is 13.9 Å². The molecule has 3 aromatic rings. The van der Waals surface area contributed by atoms with Gasteiger partial charge in [0.15, 0.2) is 23.2 Å². The number of hydrogen-bond acceptors (Lipinski definition) is 7. The van der Waals surface area contributed by atoms with Gasteiger partial charge in [0.05, 0.1) is 2.74 Å². The third-order valence-electron chi connectivity index (χ3n) is 3.29. The third kappa shape index (κ3) is 3.73. The highest BCUT2D eigenvalue weighted by molar-refractivity contribution is 5.97. The van der Waals surface area contributed by atoms with E-state index in [9.17, 15) is 0 Å². The van der Waals surface area contributed by atoms with Crippen molar-refractivity contribution < 1.29 is 17.6 Å². The summed E-state index contributed by atoms with van der Waals surface area (Å²) in [6.45, 7) is 0. The highest BCUT2D eigenvalue weighted by atomic mass is 35.5. The van der Waals surface area contributed by atoms with Crippen LogP contribution in [-0.2, 0) is 0 Å². The molecule has 0 aliphatic rings. The van der Waals surface area contributed by atoms with E-state index < -0.39 is 0 Å². The molecule has 3 aromatic heterocycles. The van der Waals surface area contributed by atoms with Crippen LogP contribution in [0, 0.1) is 0 Å². The van der Waals surface area contributed by atoms with Gasteiger partial charge < -0.3 is 26.3 Å². The van der Waals surface area contributed by atoms with Crippen LogP contribution >= 0.6 is 12.4 Å². The van der Waals surface area contributed by atoms with Crippen LogP contribution in [0.5, 0.6) is 0 Å². The predicted octanol–water partition coefficient (Wildman–Crippen LogP) is 2.01. The van der Waals surface area contributed by atoms with Crippen LogP contribution in [0.4, 0.5) is 0 Å². The van der Waals surface area contributed by atoms with Crippen LogP contribution in [0.25, 0.3) is 22.9 Å². The first-order valence-electron chi connectivity index (χ1n) is 7.95. The lowest BCUT2D eigenvalue weighted by Crippen LogP contribution is -2.13. The van der Waals surface area contributed by atoms with Crippen molar-refractivity contribution in [3.63, 3.8) is 0 Å². The summed E-state index contributed by atoms with van der Waals surface area (Å²) in [6, 6.07) is 5.84. The molecule has 0 aromatic carbocycles. The summed E-state index contributed by atoms with van der Waals surface area (Å²) in [5.41, 5.74) is 12.4. The van der Waals surface area contributed by atoms with Gasteiger partial charge in [-0.3, -0.25) is 9.97 Å². The summed E-state index contributed by atoms with van der Waals surface area (Å²) in [5, 5.41) is 23.1. The van der Waals surface area contributed by atoms with Crippen molar-refractivity contribution in [2.45, 2.75) is 0 Å². The van der Waals surface area contributed by atoms with Crippen molar-refractivity contribution in [2.24, 2.45) is 21.8 Å². The molecule has 0 saturated heterocycles. The second-order valence-corrected chi connectivity index (χ2v) is 4.85. The van der Waals surface area contributed by atoms with Crippen LogP contribution in [0.15, 0.2) is 63.5 Å². The summed E-state index contributed by atoms with van der Waals surface area (Å²) in [7, 11) is 0. The molecular weight excluding hydrogens is 362 g/mol. The Bertz CT molecular complexity index is 954. The molecule has 3 rings (SSSR count). The standard InChI is InChI=1S/C16H14N6O3.ClH/c17-15(21-23)9-1-3-11(19-7-9)13-5-6-14(25-13)12-4-2-10(8-20-12)16(18)22-24;/h1-8,23-24H,(H2,17,21)(H2,18,22);1H/i5D,6D,21+1,22+1;. The van der Waals surface area contributed by atoms with Crippen LogP contribution < -0.4 is 11.5 Å². The first-order chi connectivity index (χ1) is 13.0. The van der Waals surface area contributed by atoms with Crippen LogP contribution in [0.2, 0.25) is 0 Å². The maximum Gasteiger partial charge on any atom is 0.171 e. The molecule has 0 spiro atoms. The lowest BCUT2D eigenvalue weighted by molar-refractivity contribution is 0.318. The molecule has 0 unspecified atom stereocenters. The van der Waals surface area contributed by atoms with Crippen molar-refractivity contribution in [3.05, 3.63) is 59.9 Å². The zero-order chi connectivity index (χ0) is 19.6. The molecule has 0 aliphatic carbocycles. The predicted molar refractivity (Wildman–Crippen MR) is 97.4 cm³/mol. The fraction of sp³-hybridized carbons (Fsp3) is 0. The van der Waals surface area contributed by atoms with E-state index in [1.54, 1.807) is 12.1 Å². The lowest BCUT2D eigenvalue weighted by atomic mass is 10.2. The molecule has 3 heterocycles. The quantitative estimate of drug-likeness (QED) is 0.178. The van der Waals surface area contributed by atoms with E-state index in [1.165, 1.54) is 24.5 Å². The minimum Gasteiger partial charge on any atom is -0.453 e. The zero-order valence-electron chi connectivity index (χ0n) is 15.1. The number of nitrogens with two attached hydrogens (primary N) is 2. The summed E-state index contributed by atoms with van der Waals surface area (Å²) in [6.07, 6.45) is 2.72. The van der Waals surface area contributed by atoms with Gasteiger partial charge in [-0.1, -0.05) is 10.3 Å². The zero-order valence-corrected chi connectivity index (χ0v) is 13.9. The molecule has 6 N–H and O–H groups in total. The Hall–Kier alpha value is -3.59. The number of oxime groups is 2. The number of pyridine rings is 2. The number of nitrogens with zero attached hydrogens (tertiary/aromatic N) is 4. The topological polar surface area (TPSA) is 156 Å². The Morgan fingerprint density at radius 3 is 1.62 bits per heavy atom. The van der Waals surface area contributed by atoms with Gasteiger partial charge in [0, 0.05) is 23.5 Å². The molecule has 0 radical (unpaired) electrons. The Morgan fingerprint density at radius 2 is 1.31 bits per heavy atom. The van der Waals surface area contributed by atoms with Crippen LogP contribution in [-0.4, -0.2) is 32.1 Å². The molecule has 26 heavy (non-hydrogen) atoms. The molecule has 0 atom stereocenters. The van der Waals surface area contributed by atoms with Crippen molar-refractivity contribution in [1.82, 2.24) is 9.97 Å². The molecular formula is C16H15ClN6O3. The SMILES string of the molecule is Cl.[2H]c1c(-c2ccc(/C(N)=[15N]\O)cn2)oc(-c2ccc(/C(N)=[15N]\O)cn2)c1[2H]. The molecule has 0 amide bonds. The largest absolute Gasteiger partial charge is 0.453 e. The summed E-state index contributed by atoms with van der Waals surface area (Å²) in [4.78, 5) is 8.25. The lowest BCUT2D eigenvalue weighted by Gasteiger charge is -2.01. The molecule has 0 fully saturated rings. The van der Waals surface area contributed by atoms with Crippen molar-refractivity contribution in [1.29, 1.82) is 0 Å². The monoisotopic (exact) mass is 378 g/mol. The van der Waals surface area contributed by atoms with Crippen LogP contribution in [0.3, 0.4) is 0 Å².